The lowest BCUT2D eigenvalue weighted by molar-refractivity contribution is -0.161. The molecule has 1 aromatic rings. The van der Waals surface area contributed by atoms with Gasteiger partial charge < -0.3 is 19.3 Å². The number of nitrogens with zero attached hydrogens (tertiary/aromatic N) is 4. The van der Waals surface area contributed by atoms with E-state index >= 15 is 0 Å². The Morgan fingerprint density at radius 2 is 2.05 bits per heavy atom. The molecule has 0 radical (unpaired) electrons. The molecule has 1 unspecified atom stereocenters. The molecule has 0 saturated carbocycles. The number of ether oxygens (including phenoxy) is 2. The summed E-state index contributed by atoms with van der Waals surface area (Å²) in [4.78, 5) is 25.3. The summed E-state index contributed by atoms with van der Waals surface area (Å²) in [6, 6.07) is 1.87. The Morgan fingerprint density at radius 1 is 1.27 bits per heavy atom. The molecule has 7 heteroatoms. The first-order chi connectivity index (χ1) is 10.6. The van der Waals surface area contributed by atoms with E-state index in [0.717, 1.165) is 18.2 Å². The van der Waals surface area contributed by atoms with Gasteiger partial charge in [0.2, 0.25) is 0 Å². The van der Waals surface area contributed by atoms with E-state index in [4.69, 9.17) is 9.47 Å². The minimum absolute atomic E-state index is 0.0336. The van der Waals surface area contributed by atoms with Gasteiger partial charge in [-0.15, -0.1) is 0 Å². The van der Waals surface area contributed by atoms with E-state index < -0.39 is 5.60 Å². The predicted molar refractivity (Wildman–Crippen MR) is 80.7 cm³/mol. The number of rotatable bonds is 2. The number of anilines is 1. The second kappa shape index (κ2) is 6.18. The number of amides is 1. The van der Waals surface area contributed by atoms with Gasteiger partial charge in [0.05, 0.1) is 26.4 Å². The molecule has 0 bridgehead atoms. The molecule has 2 fully saturated rings. The molecule has 0 N–H and O–H groups in total. The summed E-state index contributed by atoms with van der Waals surface area (Å²) in [7, 11) is 0. The first kappa shape index (κ1) is 15.2. The van der Waals surface area contributed by atoms with Gasteiger partial charge in [0.25, 0.3) is 5.91 Å². The Bertz CT molecular complexity index is 547. The zero-order valence-electron chi connectivity index (χ0n) is 13.1. The maximum absolute atomic E-state index is 12.8. The molecule has 0 aliphatic carbocycles. The molecule has 1 aromatic heterocycles. The van der Waals surface area contributed by atoms with Crippen molar-refractivity contribution in [2.24, 2.45) is 0 Å². The van der Waals surface area contributed by atoms with E-state index in [2.05, 4.69) is 14.9 Å². The Labute approximate surface area is 130 Å². The van der Waals surface area contributed by atoms with E-state index in [9.17, 15) is 4.79 Å². The molecule has 22 heavy (non-hydrogen) atoms. The second-order valence-electron chi connectivity index (χ2n) is 5.87. The number of hydrogen-bond acceptors (Lipinski definition) is 6. The third-order valence-corrected chi connectivity index (χ3v) is 4.11. The lowest BCUT2D eigenvalue weighted by Crippen LogP contribution is -2.60. The number of carbonyl (C=O) groups is 1. The zero-order chi connectivity index (χ0) is 15.6. The molecule has 120 valence electrons. The van der Waals surface area contributed by atoms with Gasteiger partial charge in [-0.05, 0) is 19.9 Å². The SMILES string of the molecule is Cc1nccc(N2CCOC(C)(C(=O)N3CCOCC3)C2)n1. The molecule has 0 spiro atoms. The van der Waals surface area contributed by atoms with Gasteiger partial charge in [-0.2, -0.15) is 0 Å². The van der Waals surface area contributed by atoms with Gasteiger partial charge >= 0.3 is 0 Å². The van der Waals surface area contributed by atoms with Crippen LogP contribution in [-0.2, 0) is 14.3 Å². The maximum Gasteiger partial charge on any atom is 0.256 e. The van der Waals surface area contributed by atoms with Crippen LogP contribution in [0.25, 0.3) is 0 Å². The van der Waals surface area contributed by atoms with Crippen molar-refractivity contribution in [2.45, 2.75) is 19.4 Å². The van der Waals surface area contributed by atoms with Crippen molar-refractivity contribution in [2.75, 3.05) is 50.9 Å². The summed E-state index contributed by atoms with van der Waals surface area (Å²) in [6.07, 6.45) is 1.74. The zero-order valence-corrected chi connectivity index (χ0v) is 13.1. The summed E-state index contributed by atoms with van der Waals surface area (Å²) >= 11 is 0. The highest BCUT2D eigenvalue weighted by atomic mass is 16.5. The van der Waals surface area contributed by atoms with Crippen LogP contribution in [0.2, 0.25) is 0 Å². The molecule has 1 atom stereocenters. The molecule has 2 aliphatic heterocycles. The smallest absolute Gasteiger partial charge is 0.256 e. The lowest BCUT2D eigenvalue weighted by atomic mass is 10.0. The molecule has 2 saturated heterocycles. The van der Waals surface area contributed by atoms with Crippen LogP contribution >= 0.6 is 0 Å². The minimum atomic E-state index is -0.839. The number of carbonyl (C=O) groups excluding carboxylic acids is 1. The Morgan fingerprint density at radius 3 is 2.77 bits per heavy atom. The van der Waals surface area contributed by atoms with Crippen LogP contribution in [0.3, 0.4) is 0 Å². The van der Waals surface area contributed by atoms with Crippen molar-refractivity contribution in [3.63, 3.8) is 0 Å². The summed E-state index contributed by atoms with van der Waals surface area (Å²) in [5.74, 6) is 1.60. The largest absolute Gasteiger partial charge is 0.378 e. The van der Waals surface area contributed by atoms with Crippen LogP contribution in [0.5, 0.6) is 0 Å². The third-order valence-electron chi connectivity index (χ3n) is 4.11. The highest BCUT2D eigenvalue weighted by Gasteiger charge is 2.42. The molecule has 1 amide bonds. The fourth-order valence-electron chi connectivity index (χ4n) is 2.92. The van der Waals surface area contributed by atoms with Gasteiger partial charge in [-0.3, -0.25) is 4.79 Å². The van der Waals surface area contributed by atoms with Crippen molar-refractivity contribution < 1.29 is 14.3 Å². The van der Waals surface area contributed by atoms with Crippen LogP contribution in [0.1, 0.15) is 12.7 Å². The summed E-state index contributed by atoms with van der Waals surface area (Å²) in [5, 5.41) is 0. The molecular weight excluding hydrogens is 284 g/mol. The van der Waals surface area contributed by atoms with Crippen molar-refractivity contribution in [1.82, 2.24) is 14.9 Å². The van der Waals surface area contributed by atoms with E-state index in [-0.39, 0.29) is 5.91 Å². The normalized spacial score (nSPS) is 26.1. The molecule has 0 aromatic carbocycles. The van der Waals surface area contributed by atoms with Gasteiger partial charge in [-0.1, -0.05) is 0 Å². The summed E-state index contributed by atoms with van der Waals surface area (Å²) in [5.41, 5.74) is -0.839. The number of aryl methyl sites for hydroxylation is 1. The van der Waals surface area contributed by atoms with Gasteiger partial charge in [-0.25, -0.2) is 9.97 Å². The van der Waals surface area contributed by atoms with E-state index in [1.807, 2.05) is 24.8 Å². The van der Waals surface area contributed by atoms with Gasteiger partial charge in [0.1, 0.15) is 11.6 Å². The van der Waals surface area contributed by atoms with Crippen molar-refractivity contribution in [1.29, 1.82) is 0 Å². The van der Waals surface area contributed by atoms with Crippen molar-refractivity contribution >= 4 is 11.7 Å². The van der Waals surface area contributed by atoms with E-state index in [1.165, 1.54) is 0 Å². The minimum Gasteiger partial charge on any atom is -0.378 e. The monoisotopic (exact) mass is 306 g/mol. The highest BCUT2D eigenvalue weighted by molar-refractivity contribution is 5.86. The predicted octanol–water partition coefficient (Wildman–Crippen LogP) is 0.239. The second-order valence-corrected chi connectivity index (χ2v) is 5.87. The Kier molecular flexibility index (Phi) is 4.26. The van der Waals surface area contributed by atoms with Gasteiger partial charge in [0, 0.05) is 25.8 Å². The Balaban J connectivity index is 1.74. The van der Waals surface area contributed by atoms with E-state index in [0.29, 0.717) is 39.5 Å². The maximum atomic E-state index is 12.8. The first-order valence-corrected chi connectivity index (χ1v) is 7.64. The average molecular weight is 306 g/mol. The molecule has 7 nitrogen and oxygen atoms in total. The molecular formula is C15H22N4O3. The average Bonchev–Trinajstić information content (AvgIpc) is 2.55. The molecule has 3 heterocycles. The van der Waals surface area contributed by atoms with Crippen molar-refractivity contribution in [3.8, 4) is 0 Å². The highest BCUT2D eigenvalue weighted by Crippen LogP contribution is 2.24. The van der Waals surface area contributed by atoms with Crippen LogP contribution in [0.4, 0.5) is 5.82 Å². The number of morpholine rings is 2. The third kappa shape index (κ3) is 3.05. The quantitative estimate of drug-likeness (QED) is 0.780. The summed E-state index contributed by atoms with van der Waals surface area (Å²) in [6.45, 7) is 7.91. The lowest BCUT2D eigenvalue weighted by Gasteiger charge is -2.42. The van der Waals surface area contributed by atoms with Crippen molar-refractivity contribution in [3.05, 3.63) is 18.1 Å². The summed E-state index contributed by atoms with van der Waals surface area (Å²) < 4.78 is 11.2. The van der Waals surface area contributed by atoms with Crippen LogP contribution in [-0.4, -0.2) is 72.4 Å². The van der Waals surface area contributed by atoms with Crippen LogP contribution < -0.4 is 4.90 Å². The standard InChI is InChI=1S/C15H22N4O3/c1-12-16-4-3-13(17-12)19-7-10-22-15(2,11-19)14(20)18-5-8-21-9-6-18/h3-4H,5-11H2,1-2H3. The number of aromatic nitrogens is 2. The van der Waals surface area contributed by atoms with Crippen LogP contribution in [0, 0.1) is 6.92 Å². The van der Waals surface area contributed by atoms with Gasteiger partial charge in [0.15, 0.2) is 5.60 Å². The Hall–Kier alpha value is -1.73. The molecule has 2 aliphatic rings. The fraction of sp³-hybridized carbons (Fsp3) is 0.667. The molecule has 3 rings (SSSR count). The first-order valence-electron chi connectivity index (χ1n) is 7.64. The fourth-order valence-corrected chi connectivity index (χ4v) is 2.92. The van der Waals surface area contributed by atoms with E-state index in [1.54, 1.807) is 6.20 Å². The topological polar surface area (TPSA) is 67.8 Å². The van der Waals surface area contributed by atoms with Crippen LogP contribution in [0.15, 0.2) is 12.3 Å². The number of hydrogen-bond donors (Lipinski definition) is 0.